The second kappa shape index (κ2) is 9.74. The molecular formula is C24H20F3NO4S. The number of aliphatic carboxylic acids is 1. The average molecular weight is 475 g/mol. The van der Waals surface area contributed by atoms with Crippen molar-refractivity contribution in [2.24, 2.45) is 0 Å². The van der Waals surface area contributed by atoms with E-state index >= 15 is 0 Å². The smallest absolute Gasteiger partial charge is 0.417 e. The molecule has 0 atom stereocenters. The number of ether oxygens (including phenoxy) is 2. The number of benzene rings is 2. The van der Waals surface area contributed by atoms with Gasteiger partial charge in [0.1, 0.15) is 11.5 Å². The summed E-state index contributed by atoms with van der Waals surface area (Å²) in [5.41, 5.74) is 2.35. The Morgan fingerprint density at radius 3 is 2.58 bits per heavy atom. The van der Waals surface area contributed by atoms with E-state index in [-0.39, 0.29) is 0 Å². The van der Waals surface area contributed by atoms with Gasteiger partial charge in [-0.15, -0.1) is 11.8 Å². The minimum Gasteiger partial charge on any atom is -0.492 e. The molecule has 0 saturated carbocycles. The molecule has 4 rings (SSSR count). The molecule has 0 saturated heterocycles. The number of carboxylic acids is 1. The summed E-state index contributed by atoms with van der Waals surface area (Å²) >= 11 is 1.59. The zero-order valence-electron chi connectivity index (χ0n) is 17.4. The van der Waals surface area contributed by atoms with Crippen LogP contribution < -0.4 is 9.47 Å². The number of hydrogen-bond donors (Lipinski definition) is 1. The van der Waals surface area contributed by atoms with Crippen LogP contribution in [0.1, 0.15) is 23.1 Å². The largest absolute Gasteiger partial charge is 0.492 e. The fourth-order valence-corrected chi connectivity index (χ4v) is 4.45. The molecule has 0 fully saturated rings. The normalized spacial score (nSPS) is 13.2. The monoisotopic (exact) mass is 475 g/mol. The van der Waals surface area contributed by atoms with Crippen molar-refractivity contribution in [3.8, 4) is 22.8 Å². The van der Waals surface area contributed by atoms with Gasteiger partial charge < -0.3 is 14.6 Å². The van der Waals surface area contributed by atoms with Crippen LogP contribution >= 0.6 is 11.8 Å². The summed E-state index contributed by atoms with van der Waals surface area (Å²) < 4.78 is 49.4. The molecule has 1 N–H and O–H groups in total. The average Bonchev–Trinajstić information content (AvgIpc) is 2.81. The molecule has 0 spiro atoms. The number of aromatic nitrogens is 1. The van der Waals surface area contributed by atoms with Gasteiger partial charge >= 0.3 is 12.1 Å². The molecule has 0 aliphatic carbocycles. The molecule has 1 aliphatic rings. The number of pyridine rings is 1. The summed E-state index contributed by atoms with van der Waals surface area (Å²) in [6.07, 6.45) is -1.97. The molecule has 2 heterocycles. The highest BCUT2D eigenvalue weighted by molar-refractivity contribution is 7.98. The summed E-state index contributed by atoms with van der Waals surface area (Å²) in [7, 11) is 0. The molecule has 33 heavy (non-hydrogen) atoms. The van der Waals surface area contributed by atoms with Crippen molar-refractivity contribution >= 4 is 17.7 Å². The summed E-state index contributed by atoms with van der Waals surface area (Å²) in [4.78, 5) is 15.7. The van der Waals surface area contributed by atoms with Crippen LogP contribution in [0.25, 0.3) is 11.3 Å². The first-order valence-corrected chi connectivity index (χ1v) is 11.2. The Balaban J connectivity index is 1.45. The maximum Gasteiger partial charge on any atom is 0.417 e. The highest BCUT2D eigenvalue weighted by atomic mass is 32.2. The van der Waals surface area contributed by atoms with Gasteiger partial charge in [0.2, 0.25) is 0 Å². The number of halogens is 3. The molecule has 2 aromatic carbocycles. The van der Waals surface area contributed by atoms with E-state index < -0.39 is 24.3 Å². The lowest BCUT2D eigenvalue weighted by Gasteiger charge is -2.22. The number of fused-ring (bicyclic) bond motifs is 1. The summed E-state index contributed by atoms with van der Waals surface area (Å²) in [6, 6.07) is 13.5. The van der Waals surface area contributed by atoms with Crippen molar-refractivity contribution in [1.29, 1.82) is 0 Å². The maximum atomic E-state index is 12.7. The van der Waals surface area contributed by atoms with Gasteiger partial charge in [-0.25, -0.2) is 4.79 Å². The van der Waals surface area contributed by atoms with Gasteiger partial charge in [0.05, 0.1) is 22.8 Å². The standard InChI is InChI=1S/C24H20F3NO4S/c25-24(26,27)17-7-8-19(28-12-17)16-5-3-15(4-6-16)14-33-21-10-9-20(32-13-22(29)30)18-2-1-11-31-23(18)21/h3-10,12H,1-2,11,13-14H2,(H,29,30). The minimum atomic E-state index is -4.41. The number of hydrogen-bond acceptors (Lipinski definition) is 5. The van der Waals surface area contributed by atoms with E-state index in [4.69, 9.17) is 14.6 Å². The lowest BCUT2D eigenvalue weighted by Crippen LogP contribution is -2.14. The van der Waals surface area contributed by atoms with E-state index in [2.05, 4.69) is 4.98 Å². The first-order valence-electron chi connectivity index (χ1n) is 10.2. The van der Waals surface area contributed by atoms with Gasteiger partial charge in [-0.3, -0.25) is 4.98 Å². The Morgan fingerprint density at radius 2 is 1.91 bits per heavy atom. The van der Waals surface area contributed by atoms with Crippen molar-refractivity contribution in [3.63, 3.8) is 0 Å². The van der Waals surface area contributed by atoms with Gasteiger partial charge in [0.15, 0.2) is 6.61 Å². The van der Waals surface area contributed by atoms with Crippen molar-refractivity contribution in [1.82, 2.24) is 4.98 Å². The topological polar surface area (TPSA) is 68.7 Å². The van der Waals surface area contributed by atoms with Crippen LogP contribution in [0.2, 0.25) is 0 Å². The Hall–Kier alpha value is -3.20. The van der Waals surface area contributed by atoms with Crippen molar-refractivity contribution in [2.75, 3.05) is 13.2 Å². The predicted molar refractivity (Wildman–Crippen MR) is 118 cm³/mol. The molecule has 1 aliphatic heterocycles. The van der Waals surface area contributed by atoms with Crippen molar-refractivity contribution in [3.05, 3.63) is 71.4 Å². The van der Waals surface area contributed by atoms with E-state index in [1.54, 1.807) is 17.8 Å². The Kier molecular flexibility index (Phi) is 6.78. The lowest BCUT2D eigenvalue weighted by atomic mass is 10.1. The molecule has 1 aromatic heterocycles. The number of carbonyl (C=O) groups is 1. The second-order valence-corrected chi connectivity index (χ2v) is 8.44. The van der Waals surface area contributed by atoms with Crippen LogP contribution in [-0.2, 0) is 23.1 Å². The first kappa shape index (κ1) is 23.0. The number of rotatable bonds is 7. The van der Waals surface area contributed by atoms with Gasteiger partial charge in [0, 0.05) is 23.1 Å². The predicted octanol–water partition coefficient (Wildman–Crippen LogP) is 5.85. The van der Waals surface area contributed by atoms with Gasteiger partial charge in [0.25, 0.3) is 0 Å². The molecule has 5 nitrogen and oxygen atoms in total. The van der Waals surface area contributed by atoms with E-state index in [1.165, 1.54) is 6.07 Å². The zero-order chi connectivity index (χ0) is 23.4. The van der Waals surface area contributed by atoms with Gasteiger partial charge in [-0.1, -0.05) is 24.3 Å². The molecular weight excluding hydrogens is 455 g/mol. The molecule has 3 aromatic rings. The van der Waals surface area contributed by atoms with Crippen molar-refractivity contribution in [2.45, 2.75) is 29.7 Å². The molecule has 9 heteroatoms. The Morgan fingerprint density at radius 1 is 1.12 bits per heavy atom. The van der Waals surface area contributed by atoms with E-state index in [0.29, 0.717) is 23.8 Å². The summed E-state index contributed by atoms with van der Waals surface area (Å²) in [5.74, 6) is 0.893. The number of nitrogens with zero attached hydrogens (tertiary/aromatic N) is 1. The molecule has 172 valence electrons. The van der Waals surface area contributed by atoms with Crippen LogP contribution in [0.15, 0.2) is 59.6 Å². The fraction of sp³-hybridized carbons (Fsp3) is 0.250. The third-order valence-corrected chi connectivity index (χ3v) is 6.20. The van der Waals surface area contributed by atoms with Crippen LogP contribution in [0, 0.1) is 0 Å². The highest BCUT2D eigenvalue weighted by Crippen LogP contribution is 2.42. The van der Waals surface area contributed by atoms with E-state index in [1.807, 2.05) is 30.3 Å². The number of carboxylic acid groups (broad SMARTS) is 1. The summed E-state index contributed by atoms with van der Waals surface area (Å²) in [5, 5.41) is 8.87. The van der Waals surface area contributed by atoms with Crippen LogP contribution in [0.5, 0.6) is 11.5 Å². The quantitative estimate of drug-likeness (QED) is 0.433. The van der Waals surface area contributed by atoms with Crippen molar-refractivity contribution < 1.29 is 32.5 Å². The number of thioether (sulfide) groups is 1. The maximum absolute atomic E-state index is 12.7. The van der Waals surface area contributed by atoms with Crippen LogP contribution in [-0.4, -0.2) is 29.3 Å². The lowest BCUT2D eigenvalue weighted by molar-refractivity contribution is -0.139. The molecule has 0 amide bonds. The van der Waals surface area contributed by atoms with Crippen LogP contribution in [0.4, 0.5) is 13.2 Å². The highest BCUT2D eigenvalue weighted by Gasteiger charge is 2.30. The third-order valence-electron chi connectivity index (χ3n) is 5.08. The van der Waals surface area contributed by atoms with Gasteiger partial charge in [-0.05, 0) is 42.7 Å². The third kappa shape index (κ3) is 5.60. The van der Waals surface area contributed by atoms with Gasteiger partial charge in [-0.2, -0.15) is 13.2 Å². The van der Waals surface area contributed by atoms with E-state index in [0.717, 1.165) is 52.4 Å². The SMILES string of the molecule is O=C(O)COc1ccc(SCc2ccc(-c3ccc(C(F)(F)F)cn3)cc2)c2c1CCCO2. The van der Waals surface area contributed by atoms with E-state index in [9.17, 15) is 18.0 Å². The number of alkyl halides is 3. The fourth-order valence-electron chi connectivity index (χ4n) is 3.46. The molecule has 0 bridgehead atoms. The van der Waals surface area contributed by atoms with Crippen LogP contribution in [0.3, 0.4) is 0 Å². The molecule has 0 unspecified atom stereocenters. The summed E-state index contributed by atoms with van der Waals surface area (Å²) in [6.45, 7) is 0.191. The Bertz CT molecular complexity index is 1130. The Labute approximate surface area is 192 Å². The minimum absolute atomic E-state index is 0.404. The molecule has 0 radical (unpaired) electrons. The zero-order valence-corrected chi connectivity index (χ0v) is 18.2. The second-order valence-electron chi connectivity index (χ2n) is 7.42. The first-order chi connectivity index (χ1) is 15.8.